The smallest absolute Gasteiger partial charge is 0.120 e. The molecule has 3 nitrogen and oxygen atoms in total. The van der Waals surface area contributed by atoms with Crippen molar-refractivity contribution in [2.75, 3.05) is 13.7 Å². The lowest BCUT2D eigenvalue weighted by atomic mass is 9.95. The Bertz CT molecular complexity index is 319. The molecule has 2 atom stereocenters. The van der Waals surface area contributed by atoms with Crippen LogP contribution in [0.15, 0.2) is 24.3 Å². The molecule has 1 aliphatic heterocycles. The van der Waals surface area contributed by atoms with E-state index in [1.165, 1.54) is 0 Å². The van der Waals surface area contributed by atoms with E-state index in [1.807, 2.05) is 18.2 Å². The molecule has 3 heteroatoms. The van der Waals surface area contributed by atoms with E-state index >= 15 is 0 Å². The first-order chi connectivity index (χ1) is 7.31. The van der Waals surface area contributed by atoms with Crippen molar-refractivity contribution in [2.45, 2.75) is 25.0 Å². The Morgan fingerprint density at radius 2 is 2.13 bits per heavy atom. The zero-order valence-electron chi connectivity index (χ0n) is 8.94. The molecule has 0 aromatic heterocycles. The second-order valence-corrected chi connectivity index (χ2v) is 3.95. The number of benzene rings is 1. The van der Waals surface area contributed by atoms with Crippen LogP contribution in [0.2, 0.25) is 0 Å². The molecule has 1 saturated heterocycles. The third-order valence-electron chi connectivity index (χ3n) is 3.01. The van der Waals surface area contributed by atoms with Crippen molar-refractivity contribution in [2.24, 2.45) is 0 Å². The van der Waals surface area contributed by atoms with Gasteiger partial charge < -0.3 is 15.2 Å². The topological polar surface area (TPSA) is 41.5 Å². The van der Waals surface area contributed by atoms with Gasteiger partial charge in [-0.3, -0.25) is 0 Å². The first kappa shape index (κ1) is 10.5. The third-order valence-corrected chi connectivity index (χ3v) is 3.01. The molecule has 82 valence electrons. The standard InChI is InChI=1S/C12H17NO2/c1-15-9-6-7-11(13-8-9)10-4-2-3-5-12(10)14/h2-5,9,11,13-14H,6-8H2,1H3. The van der Waals surface area contributed by atoms with Gasteiger partial charge in [-0.25, -0.2) is 0 Å². The van der Waals surface area contributed by atoms with E-state index in [2.05, 4.69) is 5.32 Å². The summed E-state index contributed by atoms with van der Waals surface area (Å²) in [6.07, 6.45) is 2.37. The fourth-order valence-corrected chi connectivity index (χ4v) is 2.08. The molecular formula is C12H17NO2. The van der Waals surface area contributed by atoms with Crippen LogP contribution < -0.4 is 5.32 Å². The van der Waals surface area contributed by atoms with Crippen LogP contribution in [-0.2, 0) is 4.74 Å². The minimum Gasteiger partial charge on any atom is -0.508 e. The number of rotatable bonds is 2. The predicted molar refractivity (Wildman–Crippen MR) is 58.9 cm³/mol. The van der Waals surface area contributed by atoms with Gasteiger partial charge in [-0.15, -0.1) is 0 Å². The number of phenolic OH excluding ortho intramolecular Hbond substituents is 1. The highest BCUT2D eigenvalue weighted by Crippen LogP contribution is 2.29. The molecule has 2 unspecified atom stereocenters. The van der Waals surface area contributed by atoms with Gasteiger partial charge in [0.05, 0.1) is 6.10 Å². The predicted octanol–water partition coefficient (Wildman–Crippen LogP) is 1.83. The Kier molecular flexibility index (Phi) is 3.23. The van der Waals surface area contributed by atoms with E-state index in [-0.39, 0.29) is 6.04 Å². The van der Waals surface area contributed by atoms with Gasteiger partial charge >= 0.3 is 0 Å². The second-order valence-electron chi connectivity index (χ2n) is 3.95. The molecule has 0 spiro atoms. The van der Waals surface area contributed by atoms with E-state index < -0.39 is 0 Å². The average Bonchev–Trinajstić information content (AvgIpc) is 2.30. The molecule has 1 fully saturated rings. The summed E-state index contributed by atoms with van der Waals surface area (Å²) in [5, 5.41) is 13.1. The number of piperidine rings is 1. The van der Waals surface area contributed by atoms with Crippen LogP contribution in [-0.4, -0.2) is 24.9 Å². The van der Waals surface area contributed by atoms with E-state index in [4.69, 9.17) is 4.74 Å². The van der Waals surface area contributed by atoms with Crippen LogP contribution >= 0.6 is 0 Å². The Balaban J connectivity index is 2.04. The van der Waals surface area contributed by atoms with E-state index in [0.29, 0.717) is 11.9 Å². The van der Waals surface area contributed by atoms with Gasteiger partial charge in [0.25, 0.3) is 0 Å². The van der Waals surface area contributed by atoms with Crippen molar-refractivity contribution in [3.63, 3.8) is 0 Å². The summed E-state index contributed by atoms with van der Waals surface area (Å²) in [7, 11) is 1.74. The second kappa shape index (κ2) is 4.64. The minimum atomic E-state index is 0.262. The highest BCUT2D eigenvalue weighted by atomic mass is 16.5. The molecule has 2 N–H and O–H groups in total. The summed E-state index contributed by atoms with van der Waals surface area (Å²) in [4.78, 5) is 0. The first-order valence-electron chi connectivity index (χ1n) is 5.35. The minimum absolute atomic E-state index is 0.262. The van der Waals surface area contributed by atoms with Gasteiger partial charge in [0.1, 0.15) is 5.75 Å². The Hall–Kier alpha value is -1.06. The van der Waals surface area contributed by atoms with Gasteiger partial charge in [0.15, 0.2) is 0 Å². The summed E-state index contributed by atoms with van der Waals surface area (Å²) in [6.45, 7) is 0.857. The quantitative estimate of drug-likeness (QED) is 0.777. The summed E-state index contributed by atoms with van der Waals surface area (Å²) in [5.74, 6) is 0.380. The molecule has 0 radical (unpaired) electrons. The van der Waals surface area contributed by atoms with Gasteiger partial charge in [-0.05, 0) is 18.9 Å². The maximum atomic E-state index is 9.71. The molecule has 1 aromatic carbocycles. The van der Waals surface area contributed by atoms with Gasteiger partial charge in [-0.2, -0.15) is 0 Å². The summed E-state index contributed by atoms with van der Waals surface area (Å²) < 4.78 is 5.28. The summed E-state index contributed by atoms with van der Waals surface area (Å²) in [5.41, 5.74) is 0.993. The van der Waals surface area contributed by atoms with Gasteiger partial charge in [0.2, 0.25) is 0 Å². The third kappa shape index (κ3) is 2.30. The molecule has 15 heavy (non-hydrogen) atoms. The van der Waals surface area contributed by atoms with Crippen LogP contribution in [0, 0.1) is 0 Å². The van der Waals surface area contributed by atoms with Crippen molar-refractivity contribution in [3.05, 3.63) is 29.8 Å². The monoisotopic (exact) mass is 207 g/mol. The van der Waals surface area contributed by atoms with Crippen LogP contribution in [0.25, 0.3) is 0 Å². The Morgan fingerprint density at radius 1 is 1.33 bits per heavy atom. The molecule has 1 aromatic rings. The lowest BCUT2D eigenvalue weighted by molar-refractivity contribution is 0.0702. The lowest BCUT2D eigenvalue weighted by Gasteiger charge is -2.29. The highest BCUT2D eigenvalue weighted by Gasteiger charge is 2.22. The number of para-hydroxylation sites is 1. The number of methoxy groups -OCH3 is 1. The Morgan fingerprint density at radius 3 is 2.73 bits per heavy atom. The number of phenols is 1. The molecule has 1 aliphatic rings. The van der Waals surface area contributed by atoms with E-state index in [9.17, 15) is 5.11 Å². The zero-order valence-corrected chi connectivity index (χ0v) is 8.94. The van der Waals surface area contributed by atoms with Gasteiger partial charge in [0, 0.05) is 25.3 Å². The SMILES string of the molecule is COC1CCC(c2ccccc2O)NC1. The van der Waals surface area contributed by atoms with Crippen molar-refractivity contribution >= 4 is 0 Å². The first-order valence-corrected chi connectivity index (χ1v) is 5.35. The van der Waals surface area contributed by atoms with E-state index in [1.54, 1.807) is 13.2 Å². The number of nitrogens with one attached hydrogen (secondary N) is 1. The number of hydrogen-bond donors (Lipinski definition) is 2. The molecule has 0 bridgehead atoms. The van der Waals surface area contributed by atoms with Crippen LogP contribution in [0.4, 0.5) is 0 Å². The molecule has 0 aliphatic carbocycles. The fraction of sp³-hybridized carbons (Fsp3) is 0.500. The maximum absolute atomic E-state index is 9.71. The van der Waals surface area contributed by atoms with Gasteiger partial charge in [-0.1, -0.05) is 18.2 Å². The zero-order chi connectivity index (χ0) is 10.7. The number of ether oxygens (including phenoxy) is 1. The summed E-state index contributed by atoms with van der Waals surface area (Å²) in [6, 6.07) is 7.77. The van der Waals surface area contributed by atoms with Crippen LogP contribution in [0.3, 0.4) is 0 Å². The lowest BCUT2D eigenvalue weighted by Crippen LogP contribution is -2.37. The highest BCUT2D eigenvalue weighted by molar-refractivity contribution is 5.34. The number of hydrogen-bond acceptors (Lipinski definition) is 3. The van der Waals surface area contributed by atoms with E-state index in [0.717, 1.165) is 24.9 Å². The van der Waals surface area contributed by atoms with Crippen LogP contribution in [0.1, 0.15) is 24.4 Å². The number of aromatic hydroxyl groups is 1. The largest absolute Gasteiger partial charge is 0.508 e. The molecular weight excluding hydrogens is 190 g/mol. The van der Waals surface area contributed by atoms with Crippen molar-refractivity contribution in [1.82, 2.24) is 5.32 Å². The van der Waals surface area contributed by atoms with Crippen molar-refractivity contribution in [1.29, 1.82) is 0 Å². The summed E-state index contributed by atoms with van der Waals surface area (Å²) >= 11 is 0. The molecule has 0 saturated carbocycles. The van der Waals surface area contributed by atoms with Crippen molar-refractivity contribution in [3.8, 4) is 5.75 Å². The Labute approximate surface area is 90.1 Å². The molecule has 0 amide bonds. The molecule has 2 rings (SSSR count). The maximum Gasteiger partial charge on any atom is 0.120 e. The average molecular weight is 207 g/mol. The van der Waals surface area contributed by atoms with Crippen molar-refractivity contribution < 1.29 is 9.84 Å². The normalized spacial score (nSPS) is 26.5. The van der Waals surface area contributed by atoms with Crippen LogP contribution in [0.5, 0.6) is 5.75 Å². The fourth-order valence-electron chi connectivity index (χ4n) is 2.08. The molecule has 1 heterocycles.